The molecule has 4 nitrogen and oxygen atoms in total. The smallest absolute Gasteiger partial charge is 0.253 e. The Balaban J connectivity index is 1.60. The number of amides is 1. The second-order valence-corrected chi connectivity index (χ2v) is 7.09. The predicted octanol–water partition coefficient (Wildman–Crippen LogP) is 3.68. The third kappa shape index (κ3) is 4.12. The van der Waals surface area contributed by atoms with Gasteiger partial charge in [0.1, 0.15) is 0 Å². The van der Waals surface area contributed by atoms with Gasteiger partial charge in [0.05, 0.1) is 11.6 Å². The molecule has 134 valence electrons. The molecule has 2 aromatic carbocycles. The summed E-state index contributed by atoms with van der Waals surface area (Å²) < 4.78 is 0. The molecule has 0 aliphatic carbocycles. The highest BCUT2D eigenvalue weighted by molar-refractivity contribution is 5.94. The molecule has 26 heavy (non-hydrogen) atoms. The molecular weight excluding hydrogens is 322 g/mol. The van der Waals surface area contributed by atoms with Crippen LogP contribution in [0.3, 0.4) is 0 Å². The molecule has 1 saturated heterocycles. The molecule has 4 heteroatoms. The number of likely N-dealkylation sites (tertiary alicyclic amines) is 1. The zero-order valence-corrected chi connectivity index (χ0v) is 15.4. The van der Waals surface area contributed by atoms with E-state index in [4.69, 9.17) is 5.26 Å². The van der Waals surface area contributed by atoms with E-state index in [-0.39, 0.29) is 11.9 Å². The Morgan fingerprint density at radius 1 is 1.19 bits per heavy atom. The largest absolute Gasteiger partial charge is 0.339 e. The second kappa shape index (κ2) is 8.16. The fourth-order valence-corrected chi connectivity index (χ4v) is 3.66. The van der Waals surface area contributed by atoms with Crippen molar-refractivity contribution in [1.29, 1.82) is 5.26 Å². The lowest BCUT2D eigenvalue weighted by Crippen LogP contribution is -2.49. The lowest BCUT2D eigenvalue weighted by Gasteiger charge is -2.41. The molecular formula is C22H25N3O. The summed E-state index contributed by atoms with van der Waals surface area (Å²) in [6, 6.07) is 20.2. The van der Waals surface area contributed by atoms with Crippen LogP contribution in [0.2, 0.25) is 0 Å². The van der Waals surface area contributed by atoms with Gasteiger partial charge >= 0.3 is 0 Å². The van der Waals surface area contributed by atoms with Gasteiger partial charge in [0.2, 0.25) is 0 Å². The van der Waals surface area contributed by atoms with Crippen LogP contribution in [0.4, 0.5) is 0 Å². The van der Waals surface area contributed by atoms with E-state index < -0.39 is 0 Å². The topological polar surface area (TPSA) is 47.3 Å². The van der Waals surface area contributed by atoms with E-state index >= 15 is 0 Å². The Bertz CT molecular complexity index is 779. The van der Waals surface area contributed by atoms with Gasteiger partial charge in [0.15, 0.2) is 0 Å². The minimum atomic E-state index is 0.0307. The van der Waals surface area contributed by atoms with E-state index in [2.05, 4.69) is 42.2 Å². The molecule has 3 rings (SSSR count). The van der Waals surface area contributed by atoms with Crippen molar-refractivity contribution in [3.05, 3.63) is 71.3 Å². The first-order chi connectivity index (χ1) is 12.6. The summed E-state index contributed by atoms with van der Waals surface area (Å²) in [6.45, 7) is 4.20. The SMILES string of the molecule is C[C@@H]1C[C@H](N(C)C(=O)c2ccc(C#N)cc2)CCN1Cc1ccccc1. The number of nitriles is 1. The normalized spacial score (nSPS) is 20.3. The van der Waals surface area contributed by atoms with E-state index in [1.807, 2.05) is 18.0 Å². The van der Waals surface area contributed by atoms with Gasteiger partial charge < -0.3 is 4.90 Å². The van der Waals surface area contributed by atoms with Gasteiger partial charge in [-0.3, -0.25) is 9.69 Å². The summed E-state index contributed by atoms with van der Waals surface area (Å²) in [5, 5.41) is 8.89. The van der Waals surface area contributed by atoms with E-state index in [1.54, 1.807) is 24.3 Å². The Morgan fingerprint density at radius 2 is 1.88 bits per heavy atom. The Hall–Kier alpha value is -2.64. The highest BCUT2D eigenvalue weighted by Crippen LogP contribution is 2.24. The maximum atomic E-state index is 12.8. The minimum absolute atomic E-state index is 0.0307. The van der Waals surface area contributed by atoms with Crippen LogP contribution < -0.4 is 0 Å². The summed E-state index contributed by atoms with van der Waals surface area (Å²) in [6.07, 6.45) is 1.96. The first-order valence-corrected chi connectivity index (χ1v) is 9.14. The van der Waals surface area contributed by atoms with Gasteiger partial charge in [-0.25, -0.2) is 0 Å². The molecule has 0 N–H and O–H groups in total. The van der Waals surface area contributed by atoms with Crippen molar-refractivity contribution in [2.45, 2.75) is 38.4 Å². The summed E-state index contributed by atoms with van der Waals surface area (Å²) in [4.78, 5) is 17.1. The van der Waals surface area contributed by atoms with Crippen LogP contribution in [0.5, 0.6) is 0 Å². The van der Waals surface area contributed by atoms with Gasteiger partial charge in [-0.05, 0) is 49.6 Å². The molecule has 1 heterocycles. The first-order valence-electron chi connectivity index (χ1n) is 9.14. The average Bonchev–Trinajstić information content (AvgIpc) is 2.69. The van der Waals surface area contributed by atoms with Crippen LogP contribution in [-0.2, 0) is 6.54 Å². The number of nitrogens with zero attached hydrogens (tertiary/aromatic N) is 3. The standard InChI is InChI=1S/C22H25N3O/c1-17-14-21(12-13-25(17)16-19-6-4-3-5-7-19)24(2)22(26)20-10-8-18(15-23)9-11-20/h3-11,17,21H,12-14,16H2,1-2H3/t17-,21-/m1/s1. The monoisotopic (exact) mass is 347 g/mol. The molecule has 2 atom stereocenters. The van der Waals surface area contributed by atoms with Crippen LogP contribution in [0.15, 0.2) is 54.6 Å². The van der Waals surface area contributed by atoms with Crippen LogP contribution in [0, 0.1) is 11.3 Å². The molecule has 1 fully saturated rings. The van der Waals surface area contributed by atoms with Crippen molar-refractivity contribution in [2.24, 2.45) is 0 Å². The molecule has 1 aliphatic heterocycles. The van der Waals surface area contributed by atoms with E-state index in [9.17, 15) is 4.79 Å². The molecule has 0 saturated carbocycles. The number of piperidine rings is 1. The lowest BCUT2D eigenvalue weighted by molar-refractivity contribution is 0.0538. The van der Waals surface area contributed by atoms with Crippen LogP contribution >= 0.6 is 0 Å². The maximum Gasteiger partial charge on any atom is 0.253 e. The third-order valence-electron chi connectivity index (χ3n) is 5.34. The van der Waals surface area contributed by atoms with Crippen molar-refractivity contribution in [3.63, 3.8) is 0 Å². The molecule has 1 amide bonds. The number of carbonyl (C=O) groups excluding carboxylic acids is 1. The second-order valence-electron chi connectivity index (χ2n) is 7.09. The fourth-order valence-electron chi connectivity index (χ4n) is 3.66. The van der Waals surface area contributed by atoms with E-state index in [0.717, 1.165) is 25.9 Å². The lowest BCUT2D eigenvalue weighted by atomic mass is 9.96. The Kier molecular flexibility index (Phi) is 5.70. The van der Waals surface area contributed by atoms with Gasteiger partial charge in [-0.2, -0.15) is 5.26 Å². The first kappa shape index (κ1) is 18.2. The molecule has 0 radical (unpaired) electrons. The Morgan fingerprint density at radius 3 is 2.50 bits per heavy atom. The predicted molar refractivity (Wildman–Crippen MR) is 103 cm³/mol. The number of carbonyl (C=O) groups is 1. The molecule has 2 aromatic rings. The number of benzene rings is 2. The highest BCUT2D eigenvalue weighted by atomic mass is 16.2. The van der Waals surface area contributed by atoms with Gasteiger partial charge in [-0.15, -0.1) is 0 Å². The minimum Gasteiger partial charge on any atom is -0.339 e. The summed E-state index contributed by atoms with van der Waals surface area (Å²) in [5.41, 5.74) is 2.55. The number of hydrogen-bond donors (Lipinski definition) is 0. The van der Waals surface area contributed by atoms with E-state index in [1.165, 1.54) is 5.56 Å². The molecule has 0 bridgehead atoms. The van der Waals surface area contributed by atoms with Gasteiger partial charge in [0.25, 0.3) is 5.91 Å². The van der Waals surface area contributed by atoms with Gasteiger partial charge in [-0.1, -0.05) is 30.3 Å². The zero-order chi connectivity index (χ0) is 18.5. The molecule has 1 aliphatic rings. The van der Waals surface area contributed by atoms with Crippen LogP contribution in [0.25, 0.3) is 0 Å². The van der Waals surface area contributed by atoms with E-state index in [0.29, 0.717) is 17.2 Å². The highest BCUT2D eigenvalue weighted by Gasteiger charge is 2.30. The Labute approximate surface area is 155 Å². The quantitative estimate of drug-likeness (QED) is 0.847. The van der Waals surface area contributed by atoms with Crippen molar-refractivity contribution >= 4 is 5.91 Å². The molecule has 0 unspecified atom stereocenters. The van der Waals surface area contributed by atoms with Crippen LogP contribution in [-0.4, -0.2) is 41.4 Å². The average molecular weight is 347 g/mol. The maximum absolute atomic E-state index is 12.8. The zero-order valence-electron chi connectivity index (χ0n) is 15.4. The van der Waals surface area contributed by atoms with Crippen molar-refractivity contribution in [2.75, 3.05) is 13.6 Å². The van der Waals surface area contributed by atoms with Crippen molar-refractivity contribution in [3.8, 4) is 6.07 Å². The van der Waals surface area contributed by atoms with Crippen molar-refractivity contribution < 1.29 is 4.79 Å². The molecule has 0 aromatic heterocycles. The van der Waals surface area contributed by atoms with Gasteiger partial charge in [0, 0.05) is 37.8 Å². The summed E-state index contributed by atoms with van der Waals surface area (Å²) in [5.74, 6) is 0.0307. The number of rotatable bonds is 4. The molecule has 0 spiro atoms. The third-order valence-corrected chi connectivity index (χ3v) is 5.34. The van der Waals surface area contributed by atoms with Crippen LogP contribution in [0.1, 0.15) is 41.3 Å². The fraction of sp³-hybridized carbons (Fsp3) is 0.364. The summed E-state index contributed by atoms with van der Waals surface area (Å²) in [7, 11) is 1.89. The summed E-state index contributed by atoms with van der Waals surface area (Å²) >= 11 is 0. The number of hydrogen-bond acceptors (Lipinski definition) is 3. The van der Waals surface area contributed by atoms with Crippen molar-refractivity contribution in [1.82, 2.24) is 9.80 Å².